The minimum absolute atomic E-state index is 0.0670. The smallest absolute Gasteiger partial charge is 0.233 e. The van der Waals surface area contributed by atoms with Crippen molar-refractivity contribution in [2.45, 2.75) is 44.1 Å². The molecular formula is C19H27FN4O2S. The summed E-state index contributed by atoms with van der Waals surface area (Å²) in [6.45, 7) is 7.79. The number of hydrogen-bond donors (Lipinski definition) is 1. The highest BCUT2D eigenvalue weighted by Gasteiger charge is 2.22. The van der Waals surface area contributed by atoms with Gasteiger partial charge in [-0.3, -0.25) is 4.79 Å². The van der Waals surface area contributed by atoms with Crippen molar-refractivity contribution < 1.29 is 13.9 Å². The first-order valence-electron chi connectivity index (χ1n) is 9.05. The van der Waals surface area contributed by atoms with E-state index in [1.165, 1.54) is 17.8 Å². The van der Waals surface area contributed by atoms with Crippen LogP contribution in [-0.4, -0.2) is 46.2 Å². The maximum Gasteiger partial charge on any atom is 0.233 e. The molecule has 0 saturated heterocycles. The number of hydrogen-bond acceptors (Lipinski definition) is 5. The number of aromatic nitrogens is 3. The molecule has 0 radical (unpaired) electrons. The van der Waals surface area contributed by atoms with Gasteiger partial charge in [-0.15, -0.1) is 10.2 Å². The minimum atomic E-state index is -0.338. The molecule has 0 spiro atoms. The molecule has 1 N–H and O–H groups in total. The molecule has 0 aliphatic carbocycles. The number of carbonyl (C=O) groups is 1. The highest BCUT2D eigenvalue weighted by molar-refractivity contribution is 8.00. The van der Waals surface area contributed by atoms with Gasteiger partial charge < -0.3 is 14.6 Å². The molecule has 27 heavy (non-hydrogen) atoms. The molecule has 6 nitrogen and oxygen atoms in total. The number of nitrogens with one attached hydrogen (secondary N) is 1. The Labute approximate surface area is 163 Å². The number of methoxy groups -OCH3 is 1. The second-order valence-corrected chi connectivity index (χ2v) is 8.00. The van der Waals surface area contributed by atoms with E-state index >= 15 is 0 Å². The van der Waals surface area contributed by atoms with Crippen LogP contribution >= 0.6 is 11.8 Å². The Balaban J connectivity index is 2.17. The lowest BCUT2D eigenvalue weighted by molar-refractivity contribution is -0.120. The number of amides is 1. The topological polar surface area (TPSA) is 69.0 Å². The zero-order chi connectivity index (χ0) is 19.8. The Morgan fingerprint density at radius 3 is 2.70 bits per heavy atom. The predicted molar refractivity (Wildman–Crippen MR) is 105 cm³/mol. The number of rotatable bonds is 10. The molecule has 2 rings (SSSR count). The van der Waals surface area contributed by atoms with Gasteiger partial charge in [0.15, 0.2) is 11.0 Å². The average molecular weight is 395 g/mol. The Bertz CT molecular complexity index is 751. The second kappa shape index (κ2) is 10.4. The third-order valence-corrected chi connectivity index (χ3v) is 4.94. The second-order valence-electron chi connectivity index (χ2n) is 6.69. The van der Waals surface area contributed by atoms with Gasteiger partial charge in [-0.25, -0.2) is 4.39 Å². The van der Waals surface area contributed by atoms with Gasteiger partial charge in [0.05, 0.1) is 10.8 Å². The number of halogens is 1. The van der Waals surface area contributed by atoms with Crippen LogP contribution in [0.5, 0.6) is 0 Å². The summed E-state index contributed by atoms with van der Waals surface area (Å²) >= 11 is 1.33. The lowest BCUT2D eigenvalue weighted by atomic mass is 10.2. The quantitative estimate of drug-likeness (QED) is 0.494. The van der Waals surface area contributed by atoms with Gasteiger partial charge >= 0.3 is 0 Å². The normalized spacial score (nSPS) is 12.4. The van der Waals surface area contributed by atoms with E-state index in [0.717, 1.165) is 6.42 Å². The zero-order valence-electron chi connectivity index (χ0n) is 16.2. The van der Waals surface area contributed by atoms with E-state index in [1.807, 2.05) is 11.5 Å². The van der Waals surface area contributed by atoms with Crippen molar-refractivity contribution in [2.75, 3.05) is 20.3 Å². The fourth-order valence-corrected chi connectivity index (χ4v) is 3.41. The molecule has 1 unspecified atom stereocenters. The van der Waals surface area contributed by atoms with Crippen LogP contribution in [0.1, 0.15) is 27.2 Å². The molecule has 8 heteroatoms. The lowest BCUT2D eigenvalue weighted by Gasteiger charge is -2.15. The fourth-order valence-electron chi connectivity index (χ4n) is 2.53. The standard InChI is InChI=1S/C19H27FN4O2S/c1-13(2)12-24-17(15-8-5-6-9-16(15)20)22-23-19(24)27-14(3)18(25)21-10-7-11-26-4/h5-6,8-9,13-14H,7,10-12H2,1-4H3,(H,21,25). The molecular weight excluding hydrogens is 367 g/mol. The summed E-state index contributed by atoms with van der Waals surface area (Å²) in [4.78, 5) is 12.3. The molecule has 0 aliphatic rings. The first kappa shape index (κ1) is 21.4. The van der Waals surface area contributed by atoms with Crippen molar-refractivity contribution in [2.24, 2.45) is 5.92 Å². The largest absolute Gasteiger partial charge is 0.385 e. The van der Waals surface area contributed by atoms with Crippen LogP contribution in [0.4, 0.5) is 4.39 Å². The summed E-state index contributed by atoms with van der Waals surface area (Å²) in [6.07, 6.45) is 0.764. The van der Waals surface area contributed by atoms with Crippen LogP contribution < -0.4 is 5.32 Å². The molecule has 148 valence electrons. The van der Waals surface area contributed by atoms with Gasteiger partial charge in [-0.05, 0) is 31.4 Å². The van der Waals surface area contributed by atoms with Crippen molar-refractivity contribution in [3.8, 4) is 11.4 Å². The summed E-state index contributed by atoms with van der Waals surface area (Å²) in [5.74, 6) is 0.402. The monoisotopic (exact) mass is 394 g/mol. The van der Waals surface area contributed by atoms with Gasteiger partial charge in [0.2, 0.25) is 5.91 Å². The summed E-state index contributed by atoms with van der Waals surface area (Å²) in [7, 11) is 1.63. The first-order chi connectivity index (χ1) is 12.9. The minimum Gasteiger partial charge on any atom is -0.385 e. The maximum atomic E-state index is 14.2. The van der Waals surface area contributed by atoms with Crippen molar-refractivity contribution >= 4 is 17.7 Å². The third kappa shape index (κ3) is 6.04. The average Bonchev–Trinajstić information content (AvgIpc) is 3.00. The highest BCUT2D eigenvalue weighted by atomic mass is 32.2. The molecule has 0 bridgehead atoms. The SMILES string of the molecule is COCCCNC(=O)C(C)Sc1nnc(-c2ccccc2F)n1CC(C)C. The molecule has 1 aromatic heterocycles. The molecule has 1 aromatic carbocycles. The highest BCUT2D eigenvalue weighted by Crippen LogP contribution is 2.29. The van der Waals surface area contributed by atoms with Gasteiger partial charge in [-0.2, -0.15) is 0 Å². The predicted octanol–water partition coefficient (Wildman–Crippen LogP) is 3.37. The number of nitrogens with zero attached hydrogens (tertiary/aromatic N) is 3. The van der Waals surface area contributed by atoms with Crippen molar-refractivity contribution in [1.29, 1.82) is 0 Å². The van der Waals surface area contributed by atoms with Crippen LogP contribution in [0, 0.1) is 11.7 Å². The summed E-state index contributed by atoms with van der Waals surface area (Å²) < 4.78 is 21.1. The first-order valence-corrected chi connectivity index (χ1v) is 9.93. The third-order valence-electron chi connectivity index (χ3n) is 3.86. The van der Waals surface area contributed by atoms with Crippen LogP contribution in [0.3, 0.4) is 0 Å². The van der Waals surface area contributed by atoms with Crippen LogP contribution in [-0.2, 0) is 16.1 Å². The summed E-state index contributed by atoms with van der Waals surface area (Å²) in [5.41, 5.74) is 0.411. The summed E-state index contributed by atoms with van der Waals surface area (Å²) in [6, 6.07) is 6.52. The van der Waals surface area contributed by atoms with E-state index in [2.05, 4.69) is 29.4 Å². The molecule has 1 heterocycles. The van der Waals surface area contributed by atoms with E-state index in [9.17, 15) is 9.18 Å². The van der Waals surface area contributed by atoms with Crippen molar-refractivity contribution in [3.05, 3.63) is 30.1 Å². The number of benzene rings is 1. The van der Waals surface area contributed by atoms with Gasteiger partial charge in [0.25, 0.3) is 0 Å². The van der Waals surface area contributed by atoms with Crippen LogP contribution in [0.2, 0.25) is 0 Å². The number of thioether (sulfide) groups is 1. The number of ether oxygens (including phenoxy) is 1. The Morgan fingerprint density at radius 2 is 2.04 bits per heavy atom. The summed E-state index contributed by atoms with van der Waals surface area (Å²) in [5, 5.41) is 11.6. The molecule has 2 aromatic rings. The van der Waals surface area contributed by atoms with E-state index in [4.69, 9.17) is 4.74 Å². The maximum absolute atomic E-state index is 14.2. The zero-order valence-corrected chi connectivity index (χ0v) is 17.1. The molecule has 0 fully saturated rings. The van der Waals surface area contributed by atoms with Crippen LogP contribution in [0.25, 0.3) is 11.4 Å². The van der Waals surface area contributed by atoms with Gasteiger partial charge in [-0.1, -0.05) is 37.7 Å². The Hall–Kier alpha value is -1.93. The Kier molecular flexibility index (Phi) is 8.24. The molecule has 0 saturated carbocycles. The van der Waals surface area contributed by atoms with Gasteiger partial charge in [0.1, 0.15) is 5.82 Å². The Morgan fingerprint density at radius 1 is 1.30 bits per heavy atom. The number of carbonyl (C=O) groups excluding carboxylic acids is 1. The lowest BCUT2D eigenvalue weighted by Crippen LogP contribution is -2.32. The molecule has 1 amide bonds. The van der Waals surface area contributed by atoms with E-state index in [-0.39, 0.29) is 17.0 Å². The van der Waals surface area contributed by atoms with Crippen LogP contribution in [0.15, 0.2) is 29.4 Å². The van der Waals surface area contributed by atoms with Crippen molar-refractivity contribution in [3.63, 3.8) is 0 Å². The van der Waals surface area contributed by atoms with E-state index in [0.29, 0.717) is 42.2 Å². The molecule has 1 atom stereocenters. The fraction of sp³-hybridized carbons (Fsp3) is 0.526. The van der Waals surface area contributed by atoms with Crippen molar-refractivity contribution in [1.82, 2.24) is 20.1 Å². The van der Waals surface area contributed by atoms with E-state index in [1.54, 1.807) is 25.3 Å². The molecule has 0 aliphatic heterocycles. The van der Waals surface area contributed by atoms with E-state index < -0.39 is 0 Å². The van der Waals surface area contributed by atoms with Gasteiger partial charge in [0, 0.05) is 26.8 Å².